The van der Waals surface area contributed by atoms with Crippen LogP contribution in [0.5, 0.6) is 0 Å². The van der Waals surface area contributed by atoms with Gasteiger partial charge in [0, 0.05) is 31.8 Å². The monoisotopic (exact) mass is 264 g/mol. The summed E-state index contributed by atoms with van der Waals surface area (Å²) in [5.74, 6) is 2.72. The molecule has 1 aliphatic rings. The summed E-state index contributed by atoms with van der Waals surface area (Å²) in [5.41, 5.74) is 0. The molecule has 0 amide bonds. The maximum atomic E-state index is 8.99. The molecule has 0 saturated carbocycles. The number of aliphatic hydroxyl groups is 1. The normalized spacial score (nSPS) is 18.9. The summed E-state index contributed by atoms with van der Waals surface area (Å²) < 4.78 is 0. The van der Waals surface area contributed by atoms with Gasteiger partial charge in [0.2, 0.25) is 0 Å². The lowest BCUT2D eigenvalue weighted by molar-refractivity contribution is 0.279. The summed E-state index contributed by atoms with van der Waals surface area (Å²) in [6.07, 6.45) is 4.30. The van der Waals surface area contributed by atoms with E-state index in [1.54, 1.807) is 0 Å². The lowest BCUT2D eigenvalue weighted by Crippen LogP contribution is -2.30. The van der Waals surface area contributed by atoms with Gasteiger partial charge >= 0.3 is 0 Å². The number of hydrogen-bond donors (Lipinski definition) is 2. The Morgan fingerprint density at radius 3 is 3.05 bits per heavy atom. The van der Waals surface area contributed by atoms with Gasteiger partial charge in [0.1, 0.15) is 17.5 Å². The Kier molecular flexibility index (Phi) is 4.96. The molecular weight excluding hydrogens is 240 g/mol. The Labute approximate surface area is 115 Å². The zero-order valence-electron chi connectivity index (χ0n) is 11.9. The van der Waals surface area contributed by atoms with Crippen LogP contribution in [-0.4, -0.2) is 40.8 Å². The van der Waals surface area contributed by atoms with E-state index in [0.29, 0.717) is 6.04 Å². The molecule has 2 rings (SSSR count). The maximum absolute atomic E-state index is 8.99. The Bertz CT molecular complexity index is 410. The van der Waals surface area contributed by atoms with Crippen LogP contribution in [-0.2, 0) is 0 Å². The third kappa shape index (κ3) is 3.56. The van der Waals surface area contributed by atoms with Gasteiger partial charge in [-0.3, -0.25) is 0 Å². The van der Waals surface area contributed by atoms with Crippen molar-refractivity contribution in [1.82, 2.24) is 9.97 Å². The van der Waals surface area contributed by atoms with Crippen LogP contribution < -0.4 is 10.2 Å². The first-order valence-electron chi connectivity index (χ1n) is 7.21. The van der Waals surface area contributed by atoms with E-state index in [4.69, 9.17) is 5.11 Å². The number of aromatic nitrogens is 2. The molecule has 5 nitrogen and oxygen atoms in total. The van der Waals surface area contributed by atoms with Crippen molar-refractivity contribution in [1.29, 1.82) is 0 Å². The first-order chi connectivity index (χ1) is 9.24. The van der Waals surface area contributed by atoms with Crippen molar-refractivity contribution >= 4 is 11.6 Å². The van der Waals surface area contributed by atoms with Crippen LogP contribution in [0.2, 0.25) is 0 Å². The third-order valence-corrected chi connectivity index (χ3v) is 3.55. The van der Waals surface area contributed by atoms with Crippen LogP contribution in [0, 0.1) is 6.92 Å². The molecule has 2 N–H and O–H groups in total. The highest BCUT2D eigenvalue weighted by Crippen LogP contribution is 2.27. The van der Waals surface area contributed by atoms with E-state index in [2.05, 4.69) is 27.1 Å². The molecule has 2 heterocycles. The van der Waals surface area contributed by atoms with E-state index < -0.39 is 0 Å². The van der Waals surface area contributed by atoms with Crippen molar-refractivity contribution < 1.29 is 5.11 Å². The second-order valence-electron chi connectivity index (χ2n) is 5.04. The molecule has 0 aromatic carbocycles. The van der Waals surface area contributed by atoms with Crippen LogP contribution in [0.1, 0.15) is 38.4 Å². The number of nitrogens with zero attached hydrogens (tertiary/aromatic N) is 3. The van der Waals surface area contributed by atoms with Crippen molar-refractivity contribution in [3.8, 4) is 0 Å². The van der Waals surface area contributed by atoms with Gasteiger partial charge in [-0.25, -0.2) is 9.97 Å². The average Bonchev–Trinajstić information content (AvgIpc) is 2.84. The van der Waals surface area contributed by atoms with Crippen LogP contribution in [0.25, 0.3) is 0 Å². The standard InChI is InChI=1S/C14H24N4O/c1-3-15-13-10-14(17-11(2)16-13)18-8-4-6-12(18)7-5-9-19/h10,12,19H,3-9H2,1-2H3,(H,15,16,17). The highest BCUT2D eigenvalue weighted by Gasteiger charge is 2.25. The van der Waals surface area contributed by atoms with Crippen LogP contribution in [0.3, 0.4) is 0 Å². The minimum absolute atomic E-state index is 0.274. The summed E-state index contributed by atoms with van der Waals surface area (Å²) in [4.78, 5) is 11.3. The van der Waals surface area contributed by atoms with E-state index in [-0.39, 0.29) is 6.61 Å². The summed E-state index contributed by atoms with van der Waals surface area (Å²) >= 11 is 0. The van der Waals surface area contributed by atoms with Crippen molar-refractivity contribution in [2.45, 2.75) is 45.6 Å². The SMILES string of the molecule is CCNc1cc(N2CCCC2CCCO)nc(C)n1. The van der Waals surface area contributed by atoms with Gasteiger partial charge in [0.25, 0.3) is 0 Å². The molecule has 1 fully saturated rings. The molecule has 19 heavy (non-hydrogen) atoms. The maximum Gasteiger partial charge on any atom is 0.134 e. The number of rotatable bonds is 6. The zero-order valence-corrected chi connectivity index (χ0v) is 11.9. The first-order valence-corrected chi connectivity index (χ1v) is 7.21. The van der Waals surface area contributed by atoms with Gasteiger partial charge < -0.3 is 15.3 Å². The van der Waals surface area contributed by atoms with Crippen molar-refractivity contribution in [2.75, 3.05) is 29.9 Å². The number of anilines is 2. The predicted octanol–water partition coefficient (Wildman–Crippen LogP) is 1.96. The quantitative estimate of drug-likeness (QED) is 0.822. The second kappa shape index (κ2) is 6.70. The highest BCUT2D eigenvalue weighted by atomic mass is 16.2. The van der Waals surface area contributed by atoms with Crippen molar-refractivity contribution in [3.05, 3.63) is 11.9 Å². The second-order valence-corrected chi connectivity index (χ2v) is 5.04. The summed E-state index contributed by atoms with van der Waals surface area (Å²) in [6.45, 7) is 6.19. The molecule has 1 aromatic rings. The lowest BCUT2D eigenvalue weighted by atomic mass is 10.1. The van der Waals surface area contributed by atoms with Gasteiger partial charge in [-0.05, 0) is 39.5 Å². The van der Waals surface area contributed by atoms with Gasteiger partial charge in [0.05, 0.1) is 0 Å². The van der Waals surface area contributed by atoms with Crippen LogP contribution >= 0.6 is 0 Å². The zero-order chi connectivity index (χ0) is 13.7. The third-order valence-electron chi connectivity index (χ3n) is 3.55. The average molecular weight is 264 g/mol. The van der Waals surface area contributed by atoms with E-state index >= 15 is 0 Å². The van der Waals surface area contributed by atoms with E-state index in [9.17, 15) is 0 Å². The summed E-state index contributed by atoms with van der Waals surface area (Å²) in [6, 6.07) is 2.55. The van der Waals surface area contributed by atoms with Gasteiger partial charge in [-0.1, -0.05) is 0 Å². The molecule has 1 aromatic heterocycles. The van der Waals surface area contributed by atoms with Crippen molar-refractivity contribution in [2.24, 2.45) is 0 Å². The molecule has 0 bridgehead atoms. The Balaban J connectivity index is 2.15. The minimum atomic E-state index is 0.274. The predicted molar refractivity (Wildman–Crippen MR) is 77.6 cm³/mol. The number of nitrogens with one attached hydrogen (secondary N) is 1. The minimum Gasteiger partial charge on any atom is -0.396 e. The summed E-state index contributed by atoms with van der Waals surface area (Å²) in [5, 5.41) is 12.2. The number of aliphatic hydroxyl groups excluding tert-OH is 1. The molecule has 1 aliphatic heterocycles. The molecule has 0 spiro atoms. The van der Waals surface area contributed by atoms with Gasteiger partial charge in [-0.15, -0.1) is 0 Å². The molecule has 1 unspecified atom stereocenters. The molecule has 0 aliphatic carbocycles. The number of hydrogen-bond acceptors (Lipinski definition) is 5. The van der Waals surface area contributed by atoms with Crippen LogP contribution in [0.15, 0.2) is 6.07 Å². The topological polar surface area (TPSA) is 61.3 Å². The highest BCUT2D eigenvalue weighted by molar-refractivity contribution is 5.50. The fourth-order valence-corrected chi connectivity index (χ4v) is 2.74. The van der Waals surface area contributed by atoms with E-state index in [1.165, 1.54) is 12.8 Å². The number of aryl methyl sites for hydroxylation is 1. The summed E-state index contributed by atoms with van der Waals surface area (Å²) in [7, 11) is 0. The van der Waals surface area contributed by atoms with Crippen LogP contribution in [0.4, 0.5) is 11.6 Å². The smallest absolute Gasteiger partial charge is 0.134 e. The van der Waals surface area contributed by atoms with E-state index in [1.807, 2.05) is 13.0 Å². The van der Waals surface area contributed by atoms with Crippen molar-refractivity contribution in [3.63, 3.8) is 0 Å². The Hall–Kier alpha value is -1.36. The molecular formula is C14H24N4O. The molecule has 0 radical (unpaired) electrons. The fraction of sp³-hybridized carbons (Fsp3) is 0.714. The lowest BCUT2D eigenvalue weighted by Gasteiger charge is -2.26. The molecule has 1 saturated heterocycles. The molecule has 1 atom stereocenters. The first kappa shape index (κ1) is 14.1. The van der Waals surface area contributed by atoms with E-state index in [0.717, 1.165) is 43.4 Å². The fourth-order valence-electron chi connectivity index (χ4n) is 2.74. The molecule has 106 valence electrons. The Morgan fingerprint density at radius 1 is 1.47 bits per heavy atom. The van der Waals surface area contributed by atoms with Gasteiger partial charge in [0.15, 0.2) is 0 Å². The van der Waals surface area contributed by atoms with Gasteiger partial charge in [-0.2, -0.15) is 0 Å². The Morgan fingerprint density at radius 2 is 2.32 bits per heavy atom. The molecule has 5 heteroatoms. The largest absolute Gasteiger partial charge is 0.396 e.